The van der Waals surface area contributed by atoms with Crippen molar-refractivity contribution < 1.29 is 0 Å². The van der Waals surface area contributed by atoms with Crippen molar-refractivity contribution in [3.05, 3.63) is 18.1 Å². The quantitative estimate of drug-likeness (QED) is 0.898. The average molecular weight is 276 g/mol. The Hall–Kier alpha value is -1.16. The highest BCUT2D eigenvalue weighted by atomic mass is 15.2. The van der Waals surface area contributed by atoms with Gasteiger partial charge in [0.15, 0.2) is 0 Å². The Labute approximate surface area is 122 Å². The normalized spacial score (nSPS) is 23.1. The third-order valence-electron chi connectivity index (χ3n) is 4.21. The zero-order valence-electron chi connectivity index (χ0n) is 13.0. The van der Waals surface area contributed by atoms with Gasteiger partial charge in [-0.1, -0.05) is 20.8 Å². The molecule has 1 aromatic heterocycles. The van der Waals surface area contributed by atoms with E-state index >= 15 is 0 Å². The monoisotopic (exact) mass is 276 g/mol. The van der Waals surface area contributed by atoms with E-state index in [1.165, 1.54) is 12.8 Å². The van der Waals surface area contributed by atoms with Crippen LogP contribution in [0.5, 0.6) is 0 Å². The van der Waals surface area contributed by atoms with E-state index in [1.54, 1.807) is 6.33 Å². The van der Waals surface area contributed by atoms with Crippen LogP contribution < -0.4 is 10.6 Å². The van der Waals surface area contributed by atoms with Gasteiger partial charge in [-0.05, 0) is 38.0 Å². The average Bonchev–Trinajstić information content (AvgIpc) is 2.46. The van der Waals surface area contributed by atoms with Crippen LogP contribution in [-0.4, -0.2) is 28.6 Å². The van der Waals surface area contributed by atoms with Crippen LogP contribution in [0.1, 0.15) is 64.5 Å². The molecule has 4 heteroatoms. The Morgan fingerprint density at radius 1 is 1.25 bits per heavy atom. The molecule has 20 heavy (non-hydrogen) atoms. The summed E-state index contributed by atoms with van der Waals surface area (Å²) in [6.45, 7) is 7.65. The van der Waals surface area contributed by atoms with Gasteiger partial charge in [0, 0.05) is 30.4 Å². The summed E-state index contributed by atoms with van der Waals surface area (Å²) in [5, 5.41) is 0. The van der Waals surface area contributed by atoms with Crippen molar-refractivity contribution in [1.29, 1.82) is 0 Å². The molecule has 0 aromatic carbocycles. The lowest BCUT2D eigenvalue weighted by molar-refractivity contribution is 0.374. The van der Waals surface area contributed by atoms with Gasteiger partial charge >= 0.3 is 0 Å². The lowest BCUT2D eigenvalue weighted by atomic mass is 9.90. The van der Waals surface area contributed by atoms with Gasteiger partial charge in [0.25, 0.3) is 0 Å². The zero-order chi connectivity index (χ0) is 14.5. The van der Waals surface area contributed by atoms with E-state index in [0.29, 0.717) is 18.0 Å². The lowest BCUT2D eigenvalue weighted by Gasteiger charge is -2.37. The van der Waals surface area contributed by atoms with Gasteiger partial charge in [0.05, 0.1) is 0 Å². The number of hydrogen-bond donors (Lipinski definition) is 1. The van der Waals surface area contributed by atoms with Crippen LogP contribution in [-0.2, 0) is 0 Å². The smallest absolute Gasteiger partial charge is 0.132 e. The summed E-state index contributed by atoms with van der Waals surface area (Å²) in [5.41, 5.74) is 7.16. The fraction of sp³-hybridized carbons (Fsp3) is 0.750. The molecule has 0 bridgehead atoms. The van der Waals surface area contributed by atoms with Gasteiger partial charge in [-0.25, -0.2) is 9.97 Å². The summed E-state index contributed by atoms with van der Waals surface area (Å²) < 4.78 is 0. The minimum Gasteiger partial charge on any atom is -0.354 e. The van der Waals surface area contributed by atoms with Crippen LogP contribution in [0.2, 0.25) is 0 Å². The van der Waals surface area contributed by atoms with E-state index in [0.717, 1.165) is 37.3 Å². The molecule has 112 valence electrons. The van der Waals surface area contributed by atoms with E-state index < -0.39 is 0 Å². The minimum absolute atomic E-state index is 0.395. The number of anilines is 1. The van der Waals surface area contributed by atoms with Crippen molar-refractivity contribution in [3.63, 3.8) is 0 Å². The molecule has 2 rings (SSSR count). The standard InChI is InChI=1S/C16H28N4/c1-4-9-20(14-7-5-13(17)6-8-14)16-10-15(12(2)3)18-11-19-16/h10-14H,4-9,17H2,1-3H3. The number of nitrogens with zero attached hydrogens (tertiary/aromatic N) is 3. The summed E-state index contributed by atoms with van der Waals surface area (Å²) in [6, 6.07) is 3.14. The first-order chi connectivity index (χ1) is 9.61. The molecule has 1 heterocycles. The molecule has 1 aromatic rings. The van der Waals surface area contributed by atoms with Crippen molar-refractivity contribution in [1.82, 2.24) is 9.97 Å². The number of aromatic nitrogens is 2. The fourth-order valence-corrected chi connectivity index (χ4v) is 2.97. The molecule has 1 saturated carbocycles. The van der Waals surface area contributed by atoms with Crippen LogP contribution in [0.3, 0.4) is 0 Å². The largest absolute Gasteiger partial charge is 0.354 e. The van der Waals surface area contributed by atoms with Gasteiger partial charge < -0.3 is 10.6 Å². The van der Waals surface area contributed by atoms with Crippen LogP contribution in [0, 0.1) is 0 Å². The predicted octanol–water partition coefficient (Wildman–Crippen LogP) is 3.09. The minimum atomic E-state index is 0.395. The van der Waals surface area contributed by atoms with Crippen molar-refractivity contribution >= 4 is 5.82 Å². The predicted molar refractivity (Wildman–Crippen MR) is 84.0 cm³/mol. The highest BCUT2D eigenvalue weighted by molar-refractivity contribution is 5.41. The molecule has 0 unspecified atom stereocenters. The van der Waals surface area contributed by atoms with Gasteiger partial charge in [-0.2, -0.15) is 0 Å². The summed E-state index contributed by atoms with van der Waals surface area (Å²) in [6.07, 6.45) is 7.48. The van der Waals surface area contributed by atoms with E-state index in [1.807, 2.05) is 0 Å². The first-order valence-electron chi connectivity index (χ1n) is 7.96. The molecular formula is C16H28N4. The summed E-state index contributed by atoms with van der Waals surface area (Å²) in [7, 11) is 0. The molecular weight excluding hydrogens is 248 g/mol. The molecule has 1 fully saturated rings. The maximum absolute atomic E-state index is 6.03. The molecule has 4 nitrogen and oxygen atoms in total. The second-order valence-corrected chi connectivity index (χ2v) is 6.22. The van der Waals surface area contributed by atoms with Crippen molar-refractivity contribution in [2.45, 2.75) is 70.9 Å². The van der Waals surface area contributed by atoms with Gasteiger partial charge in [0.1, 0.15) is 12.1 Å². The van der Waals surface area contributed by atoms with E-state index in [2.05, 4.69) is 41.7 Å². The van der Waals surface area contributed by atoms with Gasteiger partial charge in [0.2, 0.25) is 0 Å². The topological polar surface area (TPSA) is 55.0 Å². The molecule has 1 aliphatic carbocycles. The van der Waals surface area contributed by atoms with Crippen LogP contribution in [0.25, 0.3) is 0 Å². The second kappa shape index (κ2) is 7.02. The first-order valence-corrected chi connectivity index (χ1v) is 7.96. The van der Waals surface area contributed by atoms with Gasteiger partial charge in [-0.3, -0.25) is 0 Å². The fourth-order valence-electron chi connectivity index (χ4n) is 2.97. The number of rotatable bonds is 5. The Bertz CT molecular complexity index is 411. The Morgan fingerprint density at radius 3 is 2.55 bits per heavy atom. The molecule has 1 aliphatic rings. The molecule has 0 spiro atoms. The van der Waals surface area contributed by atoms with Crippen molar-refractivity contribution in [3.8, 4) is 0 Å². The highest BCUT2D eigenvalue weighted by Gasteiger charge is 2.25. The molecule has 0 radical (unpaired) electrons. The Balaban J connectivity index is 2.17. The van der Waals surface area contributed by atoms with Crippen LogP contribution in [0.4, 0.5) is 5.82 Å². The number of hydrogen-bond acceptors (Lipinski definition) is 4. The van der Waals surface area contributed by atoms with Crippen molar-refractivity contribution in [2.24, 2.45) is 5.73 Å². The molecule has 0 amide bonds. The molecule has 0 saturated heterocycles. The van der Waals surface area contributed by atoms with Crippen LogP contribution in [0.15, 0.2) is 12.4 Å². The van der Waals surface area contributed by atoms with E-state index in [4.69, 9.17) is 5.73 Å². The molecule has 0 aliphatic heterocycles. The summed E-state index contributed by atoms with van der Waals surface area (Å²) >= 11 is 0. The first kappa shape index (κ1) is 15.2. The van der Waals surface area contributed by atoms with Crippen LogP contribution >= 0.6 is 0 Å². The molecule has 0 atom stereocenters. The SMILES string of the molecule is CCCN(c1cc(C(C)C)ncn1)C1CCC(N)CC1. The van der Waals surface area contributed by atoms with E-state index in [9.17, 15) is 0 Å². The second-order valence-electron chi connectivity index (χ2n) is 6.22. The zero-order valence-corrected chi connectivity index (χ0v) is 13.0. The highest BCUT2D eigenvalue weighted by Crippen LogP contribution is 2.27. The van der Waals surface area contributed by atoms with Gasteiger partial charge in [-0.15, -0.1) is 0 Å². The van der Waals surface area contributed by atoms with Crippen molar-refractivity contribution in [2.75, 3.05) is 11.4 Å². The third-order valence-corrected chi connectivity index (χ3v) is 4.21. The Morgan fingerprint density at radius 2 is 1.95 bits per heavy atom. The maximum Gasteiger partial charge on any atom is 0.132 e. The third kappa shape index (κ3) is 3.69. The lowest BCUT2D eigenvalue weighted by Crippen LogP contribution is -2.42. The summed E-state index contributed by atoms with van der Waals surface area (Å²) in [5.74, 6) is 1.53. The van der Waals surface area contributed by atoms with E-state index in [-0.39, 0.29) is 0 Å². The maximum atomic E-state index is 6.03. The summed E-state index contributed by atoms with van der Waals surface area (Å²) in [4.78, 5) is 11.4. The Kier molecular flexibility index (Phi) is 5.35. The molecule has 2 N–H and O–H groups in total. The number of nitrogens with two attached hydrogens (primary N) is 1.